The highest BCUT2D eigenvalue weighted by Gasteiger charge is 2.39. The number of terminal acetylenes is 1. The Bertz CT molecular complexity index is 301. The number of hydrogen-bond acceptors (Lipinski definition) is 2. The molecule has 0 aliphatic carbocycles. The van der Waals surface area contributed by atoms with Gasteiger partial charge >= 0.3 is 6.09 Å². The fourth-order valence-electron chi connectivity index (χ4n) is 1.86. The van der Waals surface area contributed by atoms with Gasteiger partial charge in [-0.15, -0.1) is 12.3 Å². The molecule has 16 heavy (non-hydrogen) atoms. The number of quaternary nitrogens is 1. The van der Waals surface area contributed by atoms with E-state index < -0.39 is 5.60 Å². The van der Waals surface area contributed by atoms with Gasteiger partial charge in [-0.05, 0) is 20.8 Å². The lowest BCUT2D eigenvalue weighted by Crippen LogP contribution is -2.55. The number of carbonyl (C=O) groups is 1. The van der Waals surface area contributed by atoms with Crippen LogP contribution in [0, 0.1) is 18.3 Å². The second kappa shape index (κ2) is 4.47. The Labute approximate surface area is 98.4 Å². The van der Waals surface area contributed by atoms with Crippen LogP contribution in [0.2, 0.25) is 0 Å². The van der Waals surface area contributed by atoms with Crippen LogP contribution in [-0.2, 0) is 4.74 Å². The van der Waals surface area contributed by atoms with Gasteiger partial charge in [0.05, 0.1) is 20.1 Å². The maximum absolute atomic E-state index is 12.0. The van der Waals surface area contributed by atoms with E-state index >= 15 is 0 Å². The standard InChI is InChI=1S/C13H22NO2/c1-6-11-7-9-14(5,10-8-11)12(15)16-13(2,3)4/h1,11H,7-10H2,2-5H3/q+1. The SMILES string of the molecule is C#CC1CC[N+](C)(C(=O)OC(C)(C)C)CC1. The van der Waals surface area contributed by atoms with E-state index in [9.17, 15) is 4.79 Å². The zero-order valence-corrected chi connectivity index (χ0v) is 10.7. The quantitative estimate of drug-likeness (QED) is 0.466. The summed E-state index contributed by atoms with van der Waals surface area (Å²) in [7, 11) is 1.93. The van der Waals surface area contributed by atoms with Crippen molar-refractivity contribution in [1.29, 1.82) is 0 Å². The van der Waals surface area contributed by atoms with Crippen molar-refractivity contribution >= 4 is 6.09 Å². The van der Waals surface area contributed by atoms with E-state index in [0.717, 1.165) is 25.9 Å². The van der Waals surface area contributed by atoms with Gasteiger partial charge in [-0.2, -0.15) is 4.79 Å². The number of amides is 1. The van der Waals surface area contributed by atoms with Crippen LogP contribution in [0.1, 0.15) is 33.6 Å². The average molecular weight is 224 g/mol. The summed E-state index contributed by atoms with van der Waals surface area (Å²) in [6.07, 6.45) is 7.08. The second-order valence-electron chi connectivity index (χ2n) is 5.76. The molecule has 3 heteroatoms. The fourth-order valence-corrected chi connectivity index (χ4v) is 1.86. The number of rotatable bonds is 0. The molecule has 0 saturated carbocycles. The molecule has 0 spiro atoms. The van der Waals surface area contributed by atoms with E-state index in [4.69, 9.17) is 11.2 Å². The van der Waals surface area contributed by atoms with Gasteiger partial charge in [-0.1, -0.05) is 0 Å². The summed E-state index contributed by atoms with van der Waals surface area (Å²) in [6.45, 7) is 7.25. The summed E-state index contributed by atoms with van der Waals surface area (Å²) in [6, 6.07) is 0. The smallest absolute Gasteiger partial charge is 0.414 e. The van der Waals surface area contributed by atoms with E-state index in [-0.39, 0.29) is 6.09 Å². The predicted octanol–water partition coefficient (Wildman–Crippen LogP) is 2.41. The van der Waals surface area contributed by atoms with Crippen LogP contribution in [0.3, 0.4) is 0 Å². The molecular formula is C13H22NO2+. The van der Waals surface area contributed by atoms with Crippen molar-refractivity contribution in [2.24, 2.45) is 5.92 Å². The van der Waals surface area contributed by atoms with E-state index in [1.54, 1.807) is 0 Å². The minimum atomic E-state index is -0.415. The van der Waals surface area contributed by atoms with Crippen molar-refractivity contribution in [3.8, 4) is 12.3 Å². The Kier molecular flexibility index (Phi) is 3.64. The van der Waals surface area contributed by atoms with E-state index in [2.05, 4.69) is 5.92 Å². The molecule has 1 fully saturated rings. The molecule has 1 rings (SSSR count). The monoisotopic (exact) mass is 224 g/mol. The number of likely N-dealkylation sites (tertiary alicyclic amines) is 1. The molecule has 0 aromatic heterocycles. The van der Waals surface area contributed by atoms with Crippen molar-refractivity contribution in [1.82, 2.24) is 0 Å². The van der Waals surface area contributed by atoms with Crippen LogP contribution in [0.25, 0.3) is 0 Å². The molecule has 1 aliphatic heterocycles. The molecule has 0 atom stereocenters. The maximum Gasteiger partial charge on any atom is 0.516 e. The third-order valence-corrected chi connectivity index (χ3v) is 3.01. The number of nitrogens with zero attached hydrogens (tertiary/aromatic N) is 1. The fraction of sp³-hybridized carbons (Fsp3) is 0.769. The molecule has 1 heterocycles. The molecule has 1 amide bonds. The van der Waals surface area contributed by atoms with Gasteiger partial charge in [0.1, 0.15) is 5.60 Å². The topological polar surface area (TPSA) is 26.3 Å². The minimum Gasteiger partial charge on any atom is -0.414 e. The Morgan fingerprint density at radius 3 is 2.25 bits per heavy atom. The lowest BCUT2D eigenvalue weighted by Gasteiger charge is -2.37. The van der Waals surface area contributed by atoms with Crippen LogP contribution >= 0.6 is 0 Å². The van der Waals surface area contributed by atoms with Crippen molar-refractivity contribution in [3.63, 3.8) is 0 Å². The Morgan fingerprint density at radius 2 is 1.88 bits per heavy atom. The van der Waals surface area contributed by atoms with Crippen molar-refractivity contribution < 1.29 is 14.0 Å². The highest BCUT2D eigenvalue weighted by Crippen LogP contribution is 2.24. The van der Waals surface area contributed by atoms with Crippen LogP contribution < -0.4 is 0 Å². The number of carbonyl (C=O) groups excluding carboxylic acids is 1. The molecule has 0 aromatic carbocycles. The Hall–Kier alpha value is -1.01. The summed E-state index contributed by atoms with van der Waals surface area (Å²) in [5, 5.41) is 0. The average Bonchev–Trinajstić information content (AvgIpc) is 2.16. The summed E-state index contributed by atoms with van der Waals surface area (Å²) in [5.41, 5.74) is -0.415. The number of ether oxygens (including phenoxy) is 1. The van der Waals surface area contributed by atoms with Gasteiger partial charge in [0.15, 0.2) is 0 Å². The molecule has 1 saturated heterocycles. The number of piperidine rings is 1. The second-order valence-corrected chi connectivity index (χ2v) is 5.76. The molecular weight excluding hydrogens is 202 g/mol. The normalized spacial score (nSPS) is 30.6. The minimum absolute atomic E-state index is 0.136. The van der Waals surface area contributed by atoms with Gasteiger partial charge in [-0.25, -0.2) is 4.48 Å². The maximum atomic E-state index is 12.0. The van der Waals surface area contributed by atoms with Crippen molar-refractivity contribution in [3.05, 3.63) is 0 Å². The lowest BCUT2D eigenvalue weighted by molar-refractivity contribution is -0.844. The largest absolute Gasteiger partial charge is 0.516 e. The molecule has 0 unspecified atom stereocenters. The van der Waals surface area contributed by atoms with E-state index in [1.165, 1.54) is 0 Å². The van der Waals surface area contributed by atoms with Gasteiger partial charge < -0.3 is 4.74 Å². The highest BCUT2D eigenvalue weighted by atomic mass is 16.6. The third kappa shape index (κ3) is 3.24. The Balaban J connectivity index is 2.60. The summed E-state index contributed by atoms with van der Waals surface area (Å²) >= 11 is 0. The van der Waals surface area contributed by atoms with Gasteiger partial charge in [0.25, 0.3) is 0 Å². The first-order valence-electron chi connectivity index (χ1n) is 5.81. The molecule has 0 N–H and O–H groups in total. The van der Waals surface area contributed by atoms with Gasteiger partial charge in [0, 0.05) is 18.8 Å². The zero-order chi connectivity index (χ0) is 12.4. The van der Waals surface area contributed by atoms with Crippen LogP contribution in [0.5, 0.6) is 0 Å². The molecule has 0 aromatic rings. The molecule has 90 valence electrons. The van der Waals surface area contributed by atoms with E-state index in [1.807, 2.05) is 27.8 Å². The zero-order valence-electron chi connectivity index (χ0n) is 10.7. The van der Waals surface area contributed by atoms with Crippen molar-refractivity contribution in [2.75, 3.05) is 20.1 Å². The summed E-state index contributed by atoms with van der Waals surface area (Å²) in [5.74, 6) is 3.09. The van der Waals surface area contributed by atoms with Gasteiger partial charge in [-0.3, -0.25) is 0 Å². The third-order valence-electron chi connectivity index (χ3n) is 3.01. The summed E-state index contributed by atoms with van der Waals surface area (Å²) in [4.78, 5) is 12.0. The van der Waals surface area contributed by atoms with Crippen molar-refractivity contribution in [2.45, 2.75) is 39.2 Å². The van der Waals surface area contributed by atoms with Crippen LogP contribution in [0.15, 0.2) is 0 Å². The molecule has 1 aliphatic rings. The first-order valence-corrected chi connectivity index (χ1v) is 5.81. The first-order chi connectivity index (χ1) is 7.27. The lowest BCUT2D eigenvalue weighted by atomic mass is 9.97. The molecule has 0 radical (unpaired) electrons. The number of hydrogen-bond donors (Lipinski definition) is 0. The summed E-state index contributed by atoms with van der Waals surface area (Å²) < 4.78 is 5.79. The Morgan fingerprint density at radius 1 is 1.38 bits per heavy atom. The first kappa shape index (κ1) is 13.1. The van der Waals surface area contributed by atoms with Crippen LogP contribution in [0.4, 0.5) is 4.79 Å². The van der Waals surface area contributed by atoms with Gasteiger partial charge in [0.2, 0.25) is 0 Å². The predicted molar refractivity (Wildman–Crippen MR) is 63.7 cm³/mol. The molecule has 3 nitrogen and oxygen atoms in total. The van der Waals surface area contributed by atoms with Crippen LogP contribution in [-0.4, -0.2) is 36.3 Å². The molecule has 0 bridgehead atoms. The van der Waals surface area contributed by atoms with E-state index in [0.29, 0.717) is 10.4 Å². The highest BCUT2D eigenvalue weighted by molar-refractivity contribution is 5.60.